The number of nitrogens with zero attached hydrogens (tertiary/aromatic N) is 3. The molecular weight excluding hydrogens is 235 g/mol. The lowest BCUT2D eigenvalue weighted by Gasteiger charge is -2.23. The number of nitrogens with two attached hydrogens (primary N) is 1. The first-order valence-corrected chi connectivity index (χ1v) is 5.60. The van der Waals surface area contributed by atoms with E-state index in [-0.39, 0.29) is 18.7 Å². The van der Waals surface area contributed by atoms with Gasteiger partial charge in [0.25, 0.3) is 0 Å². The third-order valence-corrected chi connectivity index (χ3v) is 3.06. The average molecular weight is 248 g/mol. The molecule has 0 aromatic carbocycles. The maximum absolute atomic E-state index is 13.4. The summed E-state index contributed by atoms with van der Waals surface area (Å²) in [5.74, 6) is -0.155. The summed E-state index contributed by atoms with van der Waals surface area (Å²) in [6.45, 7) is 1.84. The Labute approximate surface area is 104 Å². The number of aryl methyl sites for hydroxylation is 1. The lowest BCUT2D eigenvalue weighted by molar-refractivity contribution is -0.119. The molecular formula is C12H13FN4O. The van der Waals surface area contributed by atoms with Crippen molar-refractivity contribution in [3.63, 3.8) is 0 Å². The second kappa shape index (κ2) is 4.61. The molecule has 1 saturated heterocycles. The van der Waals surface area contributed by atoms with Crippen molar-refractivity contribution in [1.82, 2.24) is 4.98 Å². The van der Waals surface area contributed by atoms with Gasteiger partial charge in [0.2, 0.25) is 5.91 Å². The maximum atomic E-state index is 13.4. The minimum atomic E-state index is -1.10. The number of halogens is 1. The second-order valence-electron chi connectivity index (χ2n) is 4.35. The van der Waals surface area contributed by atoms with Crippen LogP contribution in [-0.4, -0.2) is 29.6 Å². The van der Waals surface area contributed by atoms with Crippen molar-refractivity contribution >= 4 is 11.7 Å². The Bertz CT molecular complexity index is 525. The molecule has 18 heavy (non-hydrogen) atoms. The minimum absolute atomic E-state index is 0.0762. The fraction of sp³-hybridized carbons (Fsp3) is 0.417. The zero-order chi connectivity index (χ0) is 13.3. The van der Waals surface area contributed by atoms with E-state index in [1.54, 1.807) is 19.1 Å². The zero-order valence-electron chi connectivity index (χ0n) is 9.93. The number of alkyl halides is 1. The highest BCUT2D eigenvalue weighted by atomic mass is 19.1. The van der Waals surface area contributed by atoms with E-state index in [0.717, 1.165) is 5.56 Å². The van der Waals surface area contributed by atoms with E-state index in [1.165, 1.54) is 4.90 Å². The first-order valence-electron chi connectivity index (χ1n) is 5.60. The van der Waals surface area contributed by atoms with Crippen LogP contribution < -0.4 is 10.6 Å². The monoisotopic (exact) mass is 248 g/mol. The molecule has 0 unspecified atom stereocenters. The SMILES string of the molecule is Cc1ccc(N2C[C@H](F)C[C@H]2C(N)=O)nc1C#N. The number of rotatable bonds is 2. The largest absolute Gasteiger partial charge is 0.368 e. The van der Waals surface area contributed by atoms with E-state index in [1.807, 2.05) is 6.07 Å². The summed E-state index contributed by atoms with van der Waals surface area (Å²) in [5, 5.41) is 8.92. The number of primary amides is 1. The third-order valence-electron chi connectivity index (χ3n) is 3.06. The van der Waals surface area contributed by atoms with Crippen molar-refractivity contribution in [2.45, 2.75) is 25.6 Å². The van der Waals surface area contributed by atoms with E-state index in [0.29, 0.717) is 5.82 Å². The number of carbonyl (C=O) groups is 1. The normalized spacial score (nSPS) is 22.8. The molecule has 2 rings (SSSR count). The van der Waals surface area contributed by atoms with Gasteiger partial charge >= 0.3 is 0 Å². The van der Waals surface area contributed by atoms with Crippen LogP contribution in [0.3, 0.4) is 0 Å². The number of nitriles is 1. The van der Waals surface area contributed by atoms with Crippen molar-refractivity contribution in [2.24, 2.45) is 5.73 Å². The second-order valence-corrected chi connectivity index (χ2v) is 4.35. The van der Waals surface area contributed by atoms with Gasteiger partial charge in [0.05, 0.1) is 6.54 Å². The molecule has 1 aliphatic heterocycles. The Balaban J connectivity index is 2.36. The maximum Gasteiger partial charge on any atom is 0.240 e. The molecule has 1 fully saturated rings. The predicted molar refractivity (Wildman–Crippen MR) is 63.5 cm³/mol. The van der Waals surface area contributed by atoms with E-state index in [9.17, 15) is 9.18 Å². The lowest BCUT2D eigenvalue weighted by Crippen LogP contribution is -2.40. The van der Waals surface area contributed by atoms with E-state index < -0.39 is 18.1 Å². The van der Waals surface area contributed by atoms with Crippen molar-refractivity contribution in [2.75, 3.05) is 11.4 Å². The van der Waals surface area contributed by atoms with Crippen molar-refractivity contribution in [1.29, 1.82) is 5.26 Å². The molecule has 94 valence electrons. The van der Waals surface area contributed by atoms with Crippen LogP contribution in [0.4, 0.5) is 10.2 Å². The molecule has 0 aliphatic carbocycles. The first kappa shape index (κ1) is 12.3. The summed E-state index contributed by atoms with van der Waals surface area (Å²) in [5.41, 5.74) is 6.27. The highest BCUT2D eigenvalue weighted by Crippen LogP contribution is 2.26. The third kappa shape index (κ3) is 2.12. The predicted octanol–water partition coefficient (Wildman–Crippen LogP) is 0.664. The van der Waals surface area contributed by atoms with E-state index >= 15 is 0 Å². The van der Waals surface area contributed by atoms with Crippen LogP contribution in [-0.2, 0) is 4.79 Å². The molecule has 1 aromatic heterocycles. The van der Waals surface area contributed by atoms with Crippen LogP contribution in [0.15, 0.2) is 12.1 Å². The number of anilines is 1. The summed E-state index contributed by atoms with van der Waals surface area (Å²) in [6, 6.07) is 4.67. The summed E-state index contributed by atoms with van der Waals surface area (Å²) in [6.07, 6.45) is -1.02. The van der Waals surface area contributed by atoms with E-state index in [2.05, 4.69) is 4.98 Å². The molecule has 0 radical (unpaired) electrons. The van der Waals surface area contributed by atoms with Crippen LogP contribution >= 0.6 is 0 Å². The molecule has 1 amide bonds. The summed E-state index contributed by atoms with van der Waals surface area (Å²) in [7, 11) is 0. The van der Waals surface area contributed by atoms with Crippen molar-refractivity contribution < 1.29 is 9.18 Å². The highest BCUT2D eigenvalue weighted by molar-refractivity contribution is 5.84. The standard InChI is InChI=1S/C12H13FN4O/c1-7-2-3-11(16-9(7)5-14)17-6-8(13)4-10(17)12(15)18/h2-3,8,10H,4,6H2,1H3,(H2,15,18)/t8-,10+/m1/s1. The van der Waals surface area contributed by atoms with E-state index in [4.69, 9.17) is 11.0 Å². The van der Waals surface area contributed by atoms with Gasteiger partial charge in [0, 0.05) is 6.42 Å². The summed E-state index contributed by atoms with van der Waals surface area (Å²) < 4.78 is 13.4. The summed E-state index contributed by atoms with van der Waals surface area (Å²) >= 11 is 0. The molecule has 2 atom stereocenters. The van der Waals surface area contributed by atoms with Gasteiger partial charge in [0.15, 0.2) is 0 Å². The topological polar surface area (TPSA) is 83.0 Å². The molecule has 1 aromatic rings. The number of hydrogen-bond acceptors (Lipinski definition) is 4. The molecule has 6 heteroatoms. The van der Waals surface area contributed by atoms with Crippen molar-refractivity contribution in [3.05, 3.63) is 23.4 Å². The Hall–Kier alpha value is -2.16. The average Bonchev–Trinajstić information content (AvgIpc) is 2.72. The van der Waals surface area contributed by atoms with Gasteiger partial charge in [0.1, 0.15) is 29.8 Å². The Morgan fingerprint density at radius 3 is 3.00 bits per heavy atom. The highest BCUT2D eigenvalue weighted by Gasteiger charge is 2.36. The van der Waals surface area contributed by atoms with Crippen molar-refractivity contribution in [3.8, 4) is 6.07 Å². The number of carbonyl (C=O) groups excluding carboxylic acids is 1. The number of pyridine rings is 1. The quantitative estimate of drug-likeness (QED) is 0.833. The molecule has 1 aliphatic rings. The Morgan fingerprint density at radius 2 is 2.39 bits per heavy atom. The Kier molecular flexibility index (Phi) is 3.15. The number of hydrogen-bond donors (Lipinski definition) is 1. The molecule has 2 N–H and O–H groups in total. The first-order chi connectivity index (χ1) is 8.52. The van der Waals surface area contributed by atoms with Gasteiger partial charge in [-0.1, -0.05) is 6.07 Å². The van der Waals surface area contributed by atoms with Gasteiger partial charge in [-0.2, -0.15) is 5.26 Å². The van der Waals surface area contributed by atoms with Gasteiger partial charge in [-0.3, -0.25) is 4.79 Å². The smallest absolute Gasteiger partial charge is 0.240 e. The fourth-order valence-electron chi connectivity index (χ4n) is 2.10. The molecule has 5 nitrogen and oxygen atoms in total. The van der Waals surface area contributed by atoms with Crippen LogP contribution in [0.1, 0.15) is 17.7 Å². The Morgan fingerprint density at radius 1 is 1.67 bits per heavy atom. The fourth-order valence-corrected chi connectivity index (χ4v) is 2.10. The van der Waals surface area contributed by atoms with Crippen LogP contribution in [0.25, 0.3) is 0 Å². The zero-order valence-corrected chi connectivity index (χ0v) is 9.93. The van der Waals surface area contributed by atoms with Crippen LogP contribution in [0.2, 0.25) is 0 Å². The number of aromatic nitrogens is 1. The minimum Gasteiger partial charge on any atom is -0.368 e. The van der Waals surface area contributed by atoms with Gasteiger partial charge < -0.3 is 10.6 Å². The van der Waals surface area contributed by atoms with Gasteiger partial charge in [-0.25, -0.2) is 9.37 Å². The summed E-state index contributed by atoms with van der Waals surface area (Å²) in [4.78, 5) is 16.9. The molecule has 0 spiro atoms. The van der Waals surface area contributed by atoms with Crippen LogP contribution in [0.5, 0.6) is 0 Å². The number of amides is 1. The molecule has 0 saturated carbocycles. The lowest BCUT2D eigenvalue weighted by atomic mass is 10.2. The van der Waals surface area contributed by atoms with Gasteiger partial charge in [-0.15, -0.1) is 0 Å². The van der Waals surface area contributed by atoms with Crippen LogP contribution in [0, 0.1) is 18.3 Å². The van der Waals surface area contributed by atoms with Gasteiger partial charge in [-0.05, 0) is 18.6 Å². The molecule has 0 bridgehead atoms. The molecule has 2 heterocycles.